The molecule has 1 unspecified atom stereocenters. The van der Waals surface area contributed by atoms with E-state index in [1.165, 1.54) is 69.2 Å². The van der Waals surface area contributed by atoms with Crippen LogP contribution < -0.4 is 0 Å². The number of nitrogens with zero attached hydrogens (tertiary/aromatic N) is 1. The Bertz CT molecular complexity index is 544. The van der Waals surface area contributed by atoms with Crippen molar-refractivity contribution in [3.63, 3.8) is 0 Å². The topological polar surface area (TPSA) is 23.5 Å². The fourth-order valence-electron chi connectivity index (χ4n) is 4.17. The Morgan fingerprint density at radius 3 is 2.26 bits per heavy atom. The molecule has 2 saturated carbocycles. The molecule has 2 nitrogen and oxygen atoms in total. The Morgan fingerprint density at radius 1 is 1.04 bits per heavy atom. The van der Waals surface area contributed by atoms with Gasteiger partial charge in [-0.15, -0.1) is 0 Å². The minimum Gasteiger partial charge on any atom is -0.396 e. The molecule has 1 aromatic rings. The summed E-state index contributed by atoms with van der Waals surface area (Å²) in [6.45, 7) is 2.80. The summed E-state index contributed by atoms with van der Waals surface area (Å²) >= 11 is 0. The van der Waals surface area contributed by atoms with Crippen molar-refractivity contribution >= 4 is 6.08 Å². The standard InChI is InChI=1S/C21H29NO/c23-15-21(19-8-9-19)18-6-4-16(5-7-18)14-17-10-12-22(13-11-17)20-2-1-3-20/h4-7,14,19-21,23H,1-3,8-13,15H2. The molecular formula is C21H29NO. The molecule has 0 amide bonds. The number of aliphatic hydroxyl groups excluding tert-OH is 1. The van der Waals surface area contributed by atoms with Crippen molar-refractivity contribution in [3.05, 3.63) is 41.0 Å². The van der Waals surface area contributed by atoms with Crippen LogP contribution in [0.1, 0.15) is 62.0 Å². The van der Waals surface area contributed by atoms with E-state index in [-0.39, 0.29) is 0 Å². The van der Waals surface area contributed by atoms with Crippen molar-refractivity contribution in [1.82, 2.24) is 4.90 Å². The molecule has 0 spiro atoms. The van der Waals surface area contributed by atoms with Gasteiger partial charge in [0.15, 0.2) is 0 Å². The summed E-state index contributed by atoms with van der Waals surface area (Å²) in [5.41, 5.74) is 4.25. The van der Waals surface area contributed by atoms with Gasteiger partial charge in [-0.2, -0.15) is 0 Å². The molecule has 124 valence electrons. The summed E-state index contributed by atoms with van der Waals surface area (Å²) in [4.78, 5) is 2.70. The van der Waals surface area contributed by atoms with E-state index in [9.17, 15) is 5.11 Å². The van der Waals surface area contributed by atoms with Gasteiger partial charge in [0.2, 0.25) is 0 Å². The molecule has 2 heteroatoms. The molecule has 1 heterocycles. The zero-order valence-electron chi connectivity index (χ0n) is 14.1. The Morgan fingerprint density at radius 2 is 1.74 bits per heavy atom. The number of benzene rings is 1. The third-order valence-electron chi connectivity index (χ3n) is 6.15. The maximum atomic E-state index is 9.60. The number of hydrogen-bond acceptors (Lipinski definition) is 2. The normalized spacial score (nSPS) is 24.3. The van der Waals surface area contributed by atoms with Gasteiger partial charge < -0.3 is 5.11 Å². The van der Waals surface area contributed by atoms with E-state index in [0.29, 0.717) is 12.5 Å². The quantitative estimate of drug-likeness (QED) is 0.881. The van der Waals surface area contributed by atoms with Crippen LogP contribution in [0.2, 0.25) is 0 Å². The van der Waals surface area contributed by atoms with Crippen molar-refractivity contribution in [2.45, 2.75) is 56.9 Å². The second-order valence-corrected chi connectivity index (χ2v) is 7.72. The highest BCUT2D eigenvalue weighted by atomic mass is 16.3. The van der Waals surface area contributed by atoms with Crippen LogP contribution in [-0.4, -0.2) is 35.7 Å². The van der Waals surface area contributed by atoms with Gasteiger partial charge >= 0.3 is 0 Å². The second kappa shape index (κ2) is 6.78. The molecule has 0 aromatic heterocycles. The zero-order valence-corrected chi connectivity index (χ0v) is 14.1. The van der Waals surface area contributed by atoms with E-state index in [4.69, 9.17) is 0 Å². The van der Waals surface area contributed by atoms with E-state index in [2.05, 4.69) is 35.2 Å². The number of aliphatic hydroxyl groups is 1. The Balaban J connectivity index is 1.36. The number of hydrogen-bond donors (Lipinski definition) is 1. The molecule has 3 fully saturated rings. The van der Waals surface area contributed by atoms with Crippen LogP contribution in [-0.2, 0) is 0 Å². The third kappa shape index (κ3) is 3.54. The summed E-state index contributed by atoms with van der Waals surface area (Å²) in [7, 11) is 0. The van der Waals surface area contributed by atoms with E-state index in [1.807, 2.05) is 0 Å². The minimum absolute atomic E-state index is 0.294. The molecule has 1 atom stereocenters. The molecule has 3 aliphatic rings. The highest BCUT2D eigenvalue weighted by Crippen LogP contribution is 2.42. The largest absolute Gasteiger partial charge is 0.396 e. The van der Waals surface area contributed by atoms with Crippen LogP contribution in [0.25, 0.3) is 6.08 Å². The highest BCUT2D eigenvalue weighted by Gasteiger charge is 2.31. The first-order chi connectivity index (χ1) is 11.3. The summed E-state index contributed by atoms with van der Waals surface area (Å²) in [6.07, 6.45) is 11.7. The van der Waals surface area contributed by atoms with Gasteiger partial charge in [-0.25, -0.2) is 0 Å². The summed E-state index contributed by atoms with van der Waals surface area (Å²) < 4.78 is 0. The smallest absolute Gasteiger partial charge is 0.0502 e. The fourth-order valence-corrected chi connectivity index (χ4v) is 4.17. The molecule has 0 bridgehead atoms. The minimum atomic E-state index is 0.294. The number of rotatable bonds is 5. The SMILES string of the molecule is OCC(c1ccc(C=C2CCN(C3CCC3)CC2)cc1)C1CC1. The molecule has 4 rings (SSSR count). The monoisotopic (exact) mass is 311 g/mol. The second-order valence-electron chi connectivity index (χ2n) is 7.72. The Labute approximate surface area is 140 Å². The lowest BCUT2D eigenvalue weighted by molar-refractivity contribution is 0.118. The average Bonchev–Trinajstić information content (AvgIpc) is 3.35. The average molecular weight is 311 g/mol. The predicted molar refractivity (Wildman–Crippen MR) is 95.4 cm³/mol. The zero-order chi connectivity index (χ0) is 15.6. The van der Waals surface area contributed by atoms with E-state index in [0.717, 1.165) is 12.0 Å². The molecule has 1 aromatic carbocycles. The van der Waals surface area contributed by atoms with Gasteiger partial charge in [-0.3, -0.25) is 4.90 Å². The fraction of sp³-hybridized carbons (Fsp3) is 0.619. The van der Waals surface area contributed by atoms with Gasteiger partial charge in [0, 0.05) is 25.0 Å². The Hall–Kier alpha value is -1.12. The van der Waals surface area contributed by atoms with Crippen LogP contribution >= 0.6 is 0 Å². The summed E-state index contributed by atoms with van der Waals surface area (Å²) in [6, 6.07) is 9.84. The van der Waals surface area contributed by atoms with Crippen molar-refractivity contribution in [1.29, 1.82) is 0 Å². The van der Waals surface area contributed by atoms with Crippen molar-refractivity contribution in [2.24, 2.45) is 5.92 Å². The predicted octanol–water partition coefficient (Wildman–Crippen LogP) is 4.20. The van der Waals surface area contributed by atoms with Gasteiger partial charge in [0.25, 0.3) is 0 Å². The molecule has 1 saturated heterocycles. The lowest BCUT2D eigenvalue weighted by atomic mass is 9.89. The molecule has 1 N–H and O–H groups in total. The first kappa shape index (κ1) is 15.4. The summed E-state index contributed by atoms with van der Waals surface area (Å²) in [5.74, 6) is 1.09. The van der Waals surface area contributed by atoms with E-state index >= 15 is 0 Å². The highest BCUT2D eigenvalue weighted by molar-refractivity contribution is 5.54. The molecule has 1 aliphatic heterocycles. The lowest BCUT2D eigenvalue weighted by Crippen LogP contribution is -2.43. The van der Waals surface area contributed by atoms with Crippen molar-refractivity contribution < 1.29 is 5.11 Å². The third-order valence-corrected chi connectivity index (χ3v) is 6.15. The summed E-state index contributed by atoms with van der Waals surface area (Å²) in [5, 5.41) is 9.60. The number of piperidine rings is 1. The molecule has 23 heavy (non-hydrogen) atoms. The van der Waals surface area contributed by atoms with Gasteiger partial charge in [-0.05, 0) is 55.6 Å². The Kier molecular flexibility index (Phi) is 4.54. The molecule has 0 radical (unpaired) electrons. The van der Waals surface area contributed by atoms with Crippen LogP contribution in [0.15, 0.2) is 29.8 Å². The van der Waals surface area contributed by atoms with Gasteiger partial charge in [0.05, 0.1) is 6.61 Å². The van der Waals surface area contributed by atoms with E-state index < -0.39 is 0 Å². The van der Waals surface area contributed by atoms with Crippen LogP contribution in [0.3, 0.4) is 0 Å². The van der Waals surface area contributed by atoms with E-state index in [1.54, 1.807) is 5.57 Å². The van der Waals surface area contributed by atoms with Crippen molar-refractivity contribution in [2.75, 3.05) is 19.7 Å². The maximum absolute atomic E-state index is 9.60. The van der Waals surface area contributed by atoms with Gasteiger partial charge in [0.1, 0.15) is 0 Å². The van der Waals surface area contributed by atoms with Crippen LogP contribution in [0.4, 0.5) is 0 Å². The number of likely N-dealkylation sites (tertiary alicyclic amines) is 1. The first-order valence-electron chi connectivity index (χ1n) is 9.48. The van der Waals surface area contributed by atoms with Crippen LogP contribution in [0, 0.1) is 5.92 Å². The molecular weight excluding hydrogens is 282 g/mol. The first-order valence-corrected chi connectivity index (χ1v) is 9.48. The molecule has 2 aliphatic carbocycles. The van der Waals surface area contributed by atoms with Gasteiger partial charge in [-0.1, -0.05) is 42.3 Å². The maximum Gasteiger partial charge on any atom is 0.0502 e. The van der Waals surface area contributed by atoms with Crippen molar-refractivity contribution in [3.8, 4) is 0 Å². The lowest BCUT2D eigenvalue weighted by Gasteiger charge is -2.40. The van der Waals surface area contributed by atoms with Crippen LogP contribution in [0.5, 0.6) is 0 Å².